The van der Waals surface area contributed by atoms with Gasteiger partial charge in [0.15, 0.2) is 11.9 Å². The molecule has 0 amide bonds. The van der Waals surface area contributed by atoms with Gasteiger partial charge in [-0.15, -0.1) is 0 Å². The molecule has 1 aromatic heterocycles. The van der Waals surface area contributed by atoms with Gasteiger partial charge in [0.2, 0.25) is 0 Å². The fraction of sp³-hybridized carbons (Fsp3) is 0.500. The van der Waals surface area contributed by atoms with Gasteiger partial charge in [0.25, 0.3) is 5.56 Å². The average molecular weight is 513 g/mol. The van der Waals surface area contributed by atoms with Gasteiger partial charge in [0.1, 0.15) is 11.8 Å². The fourth-order valence-electron chi connectivity index (χ4n) is 3.49. The molecule has 1 aliphatic heterocycles. The Bertz CT molecular complexity index is 1170. The van der Waals surface area contributed by atoms with Gasteiger partial charge in [0, 0.05) is 18.7 Å². The minimum atomic E-state index is -4.15. The van der Waals surface area contributed by atoms with Gasteiger partial charge in [0.05, 0.1) is 19.3 Å². The third-order valence-electron chi connectivity index (χ3n) is 5.12. The molecular formula is C22H29FN3O8P. The van der Waals surface area contributed by atoms with Crippen molar-refractivity contribution in [2.24, 2.45) is 0 Å². The van der Waals surface area contributed by atoms with Crippen molar-refractivity contribution in [3.8, 4) is 5.75 Å². The molecule has 1 unspecified atom stereocenters. The lowest BCUT2D eigenvalue weighted by molar-refractivity contribution is -0.145. The molecule has 2 N–H and O–H groups in total. The van der Waals surface area contributed by atoms with E-state index in [9.17, 15) is 18.9 Å². The second-order valence-electron chi connectivity index (χ2n) is 8.33. The van der Waals surface area contributed by atoms with Gasteiger partial charge in [-0.2, -0.15) is 5.09 Å². The number of carbonyl (C=O) groups excluding carboxylic acids is 1. The second kappa shape index (κ2) is 11.3. The molecule has 0 spiro atoms. The minimum absolute atomic E-state index is 0.192. The van der Waals surface area contributed by atoms with Crippen molar-refractivity contribution in [1.29, 1.82) is 0 Å². The summed E-state index contributed by atoms with van der Waals surface area (Å²) in [5.74, 6) is -0.420. The summed E-state index contributed by atoms with van der Waals surface area (Å²) in [7, 11) is -4.15. The van der Waals surface area contributed by atoms with Gasteiger partial charge < -0.3 is 14.0 Å². The monoisotopic (exact) mass is 513 g/mol. The SMILES string of the molecule is CCCOC(=O)[C@H](C)NP(=O)(OC[C@@H]1C[C@@](C)(F)[C@H](n2ccc(=O)[nH]c2=O)O1)Oc1ccccc1. The molecule has 1 aliphatic rings. The Morgan fingerprint density at radius 1 is 1.34 bits per heavy atom. The van der Waals surface area contributed by atoms with E-state index < -0.39 is 49.0 Å². The number of rotatable bonds is 11. The Labute approximate surface area is 201 Å². The quantitative estimate of drug-likeness (QED) is 0.343. The van der Waals surface area contributed by atoms with E-state index in [0.717, 1.165) is 16.8 Å². The molecule has 5 atom stereocenters. The number of carbonyl (C=O) groups is 1. The molecular weight excluding hydrogens is 484 g/mol. The molecule has 2 heterocycles. The summed E-state index contributed by atoms with van der Waals surface area (Å²) in [6.45, 7) is 4.37. The topological polar surface area (TPSA) is 138 Å². The van der Waals surface area contributed by atoms with E-state index >= 15 is 4.39 Å². The summed E-state index contributed by atoms with van der Waals surface area (Å²) in [5, 5.41) is 2.55. The number of H-pyrrole nitrogens is 1. The van der Waals surface area contributed by atoms with Crippen LogP contribution in [-0.2, 0) is 23.4 Å². The maximum Gasteiger partial charge on any atom is 0.459 e. The molecule has 11 nitrogen and oxygen atoms in total. The van der Waals surface area contributed by atoms with Gasteiger partial charge in [-0.05, 0) is 32.4 Å². The Balaban J connectivity index is 1.73. The van der Waals surface area contributed by atoms with Crippen LogP contribution in [0, 0.1) is 0 Å². The van der Waals surface area contributed by atoms with Gasteiger partial charge in [-0.3, -0.25) is 23.7 Å². The summed E-state index contributed by atoms with van der Waals surface area (Å²) < 4.78 is 51.6. The van der Waals surface area contributed by atoms with Crippen molar-refractivity contribution in [2.45, 2.75) is 57.7 Å². The molecule has 35 heavy (non-hydrogen) atoms. The van der Waals surface area contributed by atoms with Crippen LogP contribution in [-0.4, -0.2) is 46.5 Å². The smallest absolute Gasteiger partial charge is 0.459 e. The Morgan fingerprint density at radius 2 is 2.06 bits per heavy atom. The third-order valence-corrected chi connectivity index (χ3v) is 6.76. The van der Waals surface area contributed by atoms with Crippen LogP contribution >= 0.6 is 7.75 Å². The van der Waals surface area contributed by atoms with Crippen LogP contribution in [0.25, 0.3) is 0 Å². The highest BCUT2D eigenvalue weighted by molar-refractivity contribution is 7.52. The number of ether oxygens (including phenoxy) is 2. The lowest BCUT2D eigenvalue weighted by atomic mass is 10.0. The molecule has 1 fully saturated rings. The predicted octanol–water partition coefficient (Wildman–Crippen LogP) is 2.69. The highest BCUT2D eigenvalue weighted by Gasteiger charge is 2.48. The highest BCUT2D eigenvalue weighted by atomic mass is 31.2. The van der Waals surface area contributed by atoms with Crippen LogP contribution in [0.3, 0.4) is 0 Å². The van der Waals surface area contributed by atoms with Crippen molar-refractivity contribution >= 4 is 13.7 Å². The van der Waals surface area contributed by atoms with Gasteiger partial charge in [-0.1, -0.05) is 25.1 Å². The van der Waals surface area contributed by atoms with E-state index in [1.165, 1.54) is 13.8 Å². The molecule has 0 bridgehead atoms. The first-order chi connectivity index (χ1) is 16.5. The number of para-hydroxylation sites is 1. The van der Waals surface area contributed by atoms with Crippen LogP contribution in [0.15, 0.2) is 52.2 Å². The summed E-state index contributed by atoms with van der Waals surface area (Å²) >= 11 is 0. The van der Waals surface area contributed by atoms with Gasteiger partial charge in [-0.25, -0.2) is 13.8 Å². The molecule has 0 radical (unpaired) electrons. The normalized spacial score (nSPS) is 24.5. The Hall–Kier alpha value is -2.79. The molecule has 192 valence electrons. The molecule has 2 aromatic rings. The number of hydrogen-bond acceptors (Lipinski definition) is 8. The van der Waals surface area contributed by atoms with E-state index in [2.05, 4.69) is 10.1 Å². The molecule has 0 aliphatic carbocycles. The molecule has 13 heteroatoms. The van der Waals surface area contributed by atoms with Crippen molar-refractivity contribution in [3.63, 3.8) is 0 Å². The van der Waals surface area contributed by atoms with Gasteiger partial charge >= 0.3 is 19.4 Å². The van der Waals surface area contributed by atoms with Crippen molar-refractivity contribution < 1.29 is 32.3 Å². The summed E-state index contributed by atoms with van der Waals surface area (Å²) in [6, 6.07) is 8.24. The number of nitrogens with one attached hydrogen (secondary N) is 2. The van der Waals surface area contributed by atoms with Crippen LogP contribution in [0.1, 0.15) is 39.8 Å². The van der Waals surface area contributed by atoms with E-state index in [4.69, 9.17) is 18.5 Å². The maximum atomic E-state index is 15.3. The van der Waals surface area contributed by atoms with E-state index in [1.807, 2.05) is 6.92 Å². The number of halogens is 1. The first kappa shape index (κ1) is 26.8. The molecule has 0 saturated carbocycles. The summed E-state index contributed by atoms with van der Waals surface area (Å²) in [6.07, 6.45) is -0.686. The van der Waals surface area contributed by atoms with Crippen molar-refractivity contribution in [3.05, 3.63) is 63.4 Å². The van der Waals surface area contributed by atoms with Crippen LogP contribution in [0.4, 0.5) is 4.39 Å². The number of hydrogen-bond donors (Lipinski definition) is 2. The minimum Gasteiger partial charge on any atom is -0.465 e. The van der Waals surface area contributed by atoms with E-state index in [0.29, 0.717) is 6.42 Å². The first-order valence-corrected chi connectivity index (χ1v) is 12.7. The van der Waals surface area contributed by atoms with Crippen LogP contribution < -0.4 is 20.9 Å². The zero-order valence-corrected chi connectivity index (χ0v) is 20.5. The Morgan fingerprint density at radius 3 is 2.71 bits per heavy atom. The van der Waals surface area contributed by atoms with Crippen LogP contribution in [0.5, 0.6) is 5.75 Å². The third kappa shape index (κ3) is 7.11. The zero-order chi connectivity index (χ0) is 25.6. The standard InChI is InChI=1S/C22H29FN3O8P/c1-4-12-31-19(28)15(2)25-35(30,34-16-8-6-5-7-9-16)32-14-17-13-22(3,23)20(33-17)26-11-10-18(27)24-21(26)29/h5-11,15,17,20H,4,12-14H2,1-3H3,(H,25,30)(H,24,27,29)/t15-,17-,20+,22+,35?/m0/s1. The fourth-order valence-corrected chi connectivity index (χ4v) is 5.01. The largest absolute Gasteiger partial charge is 0.465 e. The second-order valence-corrected chi connectivity index (χ2v) is 10.0. The number of nitrogens with zero attached hydrogens (tertiary/aromatic N) is 1. The lowest BCUT2D eigenvalue weighted by Crippen LogP contribution is -2.38. The zero-order valence-electron chi connectivity index (χ0n) is 19.6. The van der Waals surface area contributed by atoms with Crippen molar-refractivity contribution in [1.82, 2.24) is 14.6 Å². The summed E-state index contributed by atoms with van der Waals surface area (Å²) in [5.41, 5.74) is -3.45. The van der Waals surface area contributed by atoms with E-state index in [-0.39, 0.29) is 25.4 Å². The number of aromatic nitrogens is 2. The van der Waals surface area contributed by atoms with Crippen LogP contribution in [0.2, 0.25) is 0 Å². The lowest BCUT2D eigenvalue weighted by Gasteiger charge is -2.24. The van der Waals surface area contributed by atoms with Crippen molar-refractivity contribution in [2.75, 3.05) is 13.2 Å². The average Bonchev–Trinajstić information content (AvgIpc) is 3.10. The van der Waals surface area contributed by atoms with E-state index in [1.54, 1.807) is 30.3 Å². The summed E-state index contributed by atoms with van der Waals surface area (Å²) in [4.78, 5) is 37.7. The number of alkyl halides is 1. The predicted molar refractivity (Wildman–Crippen MR) is 124 cm³/mol. The maximum absolute atomic E-state index is 15.3. The molecule has 1 aromatic carbocycles. The Kier molecular flexibility index (Phi) is 8.65. The number of aromatic amines is 1. The number of esters is 1. The molecule has 3 rings (SSSR count). The highest BCUT2D eigenvalue weighted by Crippen LogP contribution is 2.47. The number of benzene rings is 1. The molecule has 1 saturated heterocycles. The first-order valence-electron chi connectivity index (χ1n) is 11.1.